The van der Waals surface area contributed by atoms with Crippen LogP contribution in [-0.2, 0) is 4.79 Å². The monoisotopic (exact) mass is 376 g/mol. The SMILES string of the molecule is CC(C)C(O)C(C)(C)C(O)C(C(C)C(=O)O)C(O)C(C)(C)C(O)C(C)C. The number of carboxylic acid groups (broad SMARTS) is 1. The van der Waals surface area contributed by atoms with Crippen LogP contribution >= 0.6 is 0 Å². The lowest BCUT2D eigenvalue weighted by atomic mass is 9.62. The number of aliphatic hydroxyl groups is 4. The largest absolute Gasteiger partial charge is 0.481 e. The summed E-state index contributed by atoms with van der Waals surface area (Å²) in [6.07, 6.45) is -4.32. The van der Waals surface area contributed by atoms with E-state index >= 15 is 0 Å². The minimum absolute atomic E-state index is 0.146. The van der Waals surface area contributed by atoms with E-state index in [1.54, 1.807) is 27.7 Å². The van der Waals surface area contributed by atoms with Gasteiger partial charge in [-0.05, 0) is 11.8 Å². The van der Waals surface area contributed by atoms with Gasteiger partial charge in [-0.25, -0.2) is 0 Å². The third-order valence-corrected chi connectivity index (χ3v) is 6.01. The Bertz CT molecular complexity index is 425. The first-order chi connectivity index (χ1) is 11.5. The average Bonchev–Trinajstić information content (AvgIpc) is 2.52. The summed E-state index contributed by atoms with van der Waals surface area (Å²) in [5, 5.41) is 52.7. The number of hydrogen-bond donors (Lipinski definition) is 5. The van der Waals surface area contributed by atoms with E-state index in [1.807, 2.05) is 27.7 Å². The molecule has 0 bridgehead atoms. The zero-order valence-corrected chi connectivity index (χ0v) is 17.8. The smallest absolute Gasteiger partial charge is 0.306 e. The predicted octanol–water partition coefficient (Wildman–Crippen LogP) is 2.13. The van der Waals surface area contributed by atoms with Crippen molar-refractivity contribution in [2.45, 2.75) is 86.7 Å². The van der Waals surface area contributed by atoms with Gasteiger partial charge in [-0.1, -0.05) is 62.3 Å². The lowest BCUT2D eigenvalue weighted by Crippen LogP contribution is -2.57. The number of aliphatic carboxylic acids is 1. The molecule has 0 saturated heterocycles. The highest BCUT2D eigenvalue weighted by Gasteiger charge is 2.51. The van der Waals surface area contributed by atoms with E-state index in [2.05, 4.69) is 0 Å². The maximum atomic E-state index is 11.7. The maximum absolute atomic E-state index is 11.7. The van der Waals surface area contributed by atoms with E-state index in [4.69, 9.17) is 0 Å². The molecule has 156 valence electrons. The molecule has 5 atom stereocenters. The fourth-order valence-corrected chi connectivity index (χ4v) is 3.94. The van der Waals surface area contributed by atoms with Gasteiger partial charge in [0, 0.05) is 16.7 Å². The molecule has 0 aliphatic rings. The second-order valence-corrected chi connectivity index (χ2v) is 9.61. The Labute approximate surface area is 158 Å². The van der Waals surface area contributed by atoms with Gasteiger partial charge in [0.15, 0.2) is 0 Å². The highest BCUT2D eigenvalue weighted by molar-refractivity contribution is 5.70. The van der Waals surface area contributed by atoms with Gasteiger partial charge in [-0.2, -0.15) is 0 Å². The van der Waals surface area contributed by atoms with E-state index in [1.165, 1.54) is 6.92 Å². The van der Waals surface area contributed by atoms with Gasteiger partial charge in [0.2, 0.25) is 0 Å². The predicted molar refractivity (Wildman–Crippen MR) is 102 cm³/mol. The summed E-state index contributed by atoms with van der Waals surface area (Å²) >= 11 is 0. The van der Waals surface area contributed by atoms with Crippen molar-refractivity contribution in [3.8, 4) is 0 Å². The summed E-state index contributed by atoms with van der Waals surface area (Å²) in [5.74, 6) is -3.55. The maximum Gasteiger partial charge on any atom is 0.306 e. The molecule has 26 heavy (non-hydrogen) atoms. The minimum Gasteiger partial charge on any atom is -0.481 e. The molecule has 0 heterocycles. The van der Waals surface area contributed by atoms with Gasteiger partial charge in [0.25, 0.3) is 0 Å². The second kappa shape index (κ2) is 9.00. The summed E-state index contributed by atoms with van der Waals surface area (Å²) in [5.41, 5.74) is -2.08. The zero-order chi connectivity index (χ0) is 21.2. The van der Waals surface area contributed by atoms with Crippen molar-refractivity contribution in [3.63, 3.8) is 0 Å². The third kappa shape index (κ3) is 5.18. The van der Waals surface area contributed by atoms with Crippen LogP contribution in [0.1, 0.15) is 62.3 Å². The van der Waals surface area contributed by atoms with Crippen LogP contribution in [0.15, 0.2) is 0 Å². The van der Waals surface area contributed by atoms with Crippen molar-refractivity contribution in [1.82, 2.24) is 0 Å². The van der Waals surface area contributed by atoms with Crippen LogP contribution in [0.5, 0.6) is 0 Å². The molecule has 0 amide bonds. The first-order valence-electron chi connectivity index (χ1n) is 9.46. The van der Waals surface area contributed by atoms with Gasteiger partial charge in [-0.15, -0.1) is 0 Å². The zero-order valence-electron chi connectivity index (χ0n) is 17.8. The average molecular weight is 377 g/mol. The second-order valence-electron chi connectivity index (χ2n) is 9.61. The fourth-order valence-electron chi connectivity index (χ4n) is 3.94. The van der Waals surface area contributed by atoms with E-state index in [0.29, 0.717) is 0 Å². The highest BCUT2D eigenvalue weighted by atomic mass is 16.4. The Balaban J connectivity index is 6.07. The van der Waals surface area contributed by atoms with Crippen molar-refractivity contribution in [3.05, 3.63) is 0 Å². The molecule has 0 aromatic rings. The first-order valence-corrected chi connectivity index (χ1v) is 9.46. The molecule has 0 saturated carbocycles. The number of aliphatic hydroxyl groups excluding tert-OH is 4. The molecule has 6 nitrogen and oxygen atoms in total. The number of carbonyl (C=O) groups is 1. The number of rotatable bonds is 10. The van der Waals surface area contributed by atoms with E-state index in [-0.39, 0.29) is 11.8 Å². The van der Waals surface area contributed by atoms with Gasteiger partial charge in [-0.3, -0.25) is 4.79 Å². The summed E-state index contributed by atoms with van der Waals surface area (Å²) in [7, 11) is 0. The van der Waals surface area contributed by atoms with Crippen molar-refractivity contribution in [2.75, 3.05) is 0 Å². The standard InChI is InChI=1S/C20H40O6/c1-10(2)14(21)19(6,7)16(23)13(12(5)18(25)26)17(24)20(8,9)15(22)11(3)4/h10-17,21-24H,1-9H3,(H,25,26). The molecule has 0 fully saturated rings. The van der Waals surface area contributed by atoms with Crippen LogP contribution in [0.25, 0.3) is 0 Å². The normalized spacial score (nSPS) is 20.6. The summed E-state index contributed by atoms with van der Waals surface area (Å²) in [6.45, 7) is 15.4. The molecule has 0 aliphatic carbocycles. The van der Waals surface area contributed by atoms with Crippen molar-refractivity contribution >= 4 is 5.97 Å². The first kappa shape index (κ1) is 25.3. The van der Waals surface area contributed by atoms with Crippen LogP contribution in [0.2, 0.25) is 0 Å². The quantitative estimate of drug-likeness (QED) is 0.399. The molecule has 6 heteroatoms. The molecule has 5 N–H and O–H groups in total. The summed E-state index contributed by atoms with van der Waals surface area (Å²) < 4.78 is 0. The Morgan fingerprint density at radius 1 is 0.654 bits per heavy atom. The molecule has 0 aliphatic heterocycles. The lowest BCUT2D eigenvalue weighted by Gasteiger charge is -2.48. The van der Waals surface area contributed by atoms with Crippen molar-refractivity contribution in [2.24, 2.45) is 34.5 Å². The Morgan fingerprint density at radius 3 is 1.12 bits per heavy atom. The Morgan fingerprint density at radius 2 is 0.923 bits per heavy atom. The van der Waals surface area contributed by atoms with Crippen LogP contribution in [0.4, 0.5) is 0 Å². The van der Waals surface area contributed by atoms with Gasteiger partial charge in [0.1, 0.15) is 0 Å². The van der Waals surface area contributed by atoms with E-state index in [0.717, 1.165) is 0 Å². The van der Waals surface area contributed by atoms with Gasteiger partial charge in [0.05, 0.1) is 30.3 Å². The number of hydrogen-bond acceptors (Lipinski definition) is 5. The van der Waals surface area contributed by atoms with Crippen LogP contribution in [-0.4, -0.2) is 55.9 Å². The summed E-state index contributed by atoms with van der Waals surface area (Å²) in [6, 6.07) is 0. The molecular formula is C20H40O6. The van der Waals surface area contributed by atoms with Gasteiger partial charge >= 0.3 is 5.97 Å². The highest BCUT2D eigenvalue weighted by Crippen LogP contribution is 2.43. The molecule has 0 rings (SSSR count). The Kier molecular flexibility index (Phi) is 8.76. The topological polar surface area (TPSA) is 118 Å². The molecule has 0 spiro atoms. The molecule has 0 radical (unpaired) electrons. The lowest BCUT2D eigenvalue weighted by molar-refractivity contribution is -0.176. The molecule has 0 aromatic carbocycles. The van der Waals surface area contributed by atoms with Crippen LogP contribution in [0, 0.1) is 34.5 Å². The minimum atomic E-state index is -1.28. The van der Waals surface area contributed by atoms with Crippen molar-refractivity contribution in [1.29, 1.82) is 0 Å². The third-order valence-electron chi connectivity index (χ3n) is 6.01. The molecular weight excluding hydrogens is 336 g/mol. The Hall–Kier alpha value is -0.690. The van der Waals surface area contributed by atoms with E-state index < -0.39 is 53.1 Å². The van der Waals surface area contributed by atoms with Gasteiger partial charge < -0.3 is 25.5 Å². The fraction of sp³-hybridized carbons (Fsp3) is 0.950. The summed E-state index contributed by atoms with van der Waals surface area (Å²) in [4.78, 5) is 11.7. The molecule has 5 unspecified atom stereocenters. The van der Waals surface area contributed by atoms with Crippen LogP contribution < -0.4 is 0 Å². The number of carboxylic acids is 1. The van der Waals surface area contributed by atoms with E-state index in [9.17, 15) is 30.3 Å². The van der Waals surface area contributed by atoms with Crippen LogP contribution in [0.3, 0.4) is 0 Å². The molecule has 0 aromatic heterocycles. The van der Waals surface area contributed by atoms with Crippen molar-refractivity contribution < 1.29 is 30.3 Å².